The number of esters is 1. The Labute approximate surface area is 153 Å². The topological polar surface area (TPSA) is 77.1 Å². The van der Waals surface area contributed by atoms with Gasteiger partial charge in [-0.15, -0.1) is 0 Å². The van der Waals surface area contributed by atoms with E-state index in [1.165, 1.54) is 0 Å². The molecule has 1 amide bonds. The van der Waals surface area contributed by atoms with Crippen molar-refractivity contribution in [2.75, 3.05) is 44.8 Å². The van der Waals surface area contributed by atoms with E-state index in [2.05, 4.69) is 10.2 Å². The maximum Gasteiger partial charge on any atom is 0.310 e. The molecule has 1 atom stereocenters. The van der Waals surface area contributed by atoms with Crippen LogP contribution in [0.15, 0.2) is 18.2 Å². The molecule has 7 heteroatoms. The van der Waals surface area contributed by atoms with Crippen LogP contribution in [0.4, 0.5) is 5.69 Å². The van der Waals surface area contributed by atoms with Crippen molar-refractivity contribution in [1.82, 2.24) is 4.90 Å². The van der Waals surface area contributed by atoms with Gasteiger partial charge in [-0.2, -0.15) is 0 Å². The lowest BCUT2D eigenvalue weighted by Gasteiger charge is -2.31. The second kappa shape index (κ2) is 8.89. The number of nitrogens with one attached hydrogen (secondary N) is 1. The molecule has 0 bridgehead atoms. The lowest BCUT2D eigenvalue weighted by molar-refractivity contribution is -0.149. The van der Waals surface area contributed by atoms with Crippen LogP contribution in [0.5, 0.6) is 11.5 Å². The van der Waals surface area contributed by atoms with Crippen molar-refractivity contribution >= 4 is 17.6 Å². The molecular weight excluding hydrogens is 336 g/mol. The molecule has 1 aromatic carbocycles. The standard InChI is InChI=1S/C19H26N2O5/c1-2-24-19(23)14-4-3-8-21(13-14)9-7-18(22)20-15-5-6-16-17(12-15)26-11-10-25-16/h5-6,12,14H,2-4,7-11,13H2,1H3,(H,20,22). The first-order valence-corrected chi connectivity index (χ1v) is 9.24. The fourth-order valence-electron chi connectivity index (χ4n) is 3.32. The lowest BCUT2D eigenvalue weighted by Crippen LogP contribution is -2.40. The second-order valence-electron chi connectivity index (χ2n) is 6.55. The Bertz CT molecular complexity index is 649. The Kier molecular flexibility index (Phi) is 6.33. The van der Waals surface area contributed by atoms with E-state index >= 15 is 0 Å². The Morgan fingerprint density at radius 3 is 2.88 bits per heavy atom. The van der Waals surface area contributed by atoms with Gasteiger partial charge < -0.3 is 24.4 Å². The second-order valence-corrected chi connectivity index (χ2v) is 6.55. The molecule has 142 valence electrons. The number of rotatable bonds is 6. The highest BCUT2D eigenvalue weighted by atomic mass is 16.6. The zero-order valence-corrected chi connectivity index (χ0v) is 15.2. The summed E-state index contributed by atoms with van der Waals surface area (Å²) in [5, 5.41) is 2.89. The van der Waals surface area contributed by atoms with E-state index in [-0.39, 0.29) is 17.8 Å². The number of benzene rings is 1. The number of hydrogen-bond donors (Lipinski definition) is 1. The number of ether oxygens (including phenoxy) is 3. The predicted octanol–water partition coefficient (Wildman–Crippen LogP) is 2.06. The molecule has 0 aromatic heterocycles. The molecule has 1 N–H and O–H groups in total. The van der Waals surface area contributed by atoms with E-state index in [9.17, 15) is 9.59 Å². The smallest absolute Gasteiger partial charge is 0.310 e. The average Bonchev–Trinajstić information content (AvgIpc) is 2.67. The molecule has 26 heavy (non-hydrogen) atoms. The molecular formula is C19H26N2O5. The van der Waals surface area contributed by atoms with Crippen LogP contribution in [-0.2, 0) is 14.3 Å². The Morgan fingerprint density at radius 1 is 1.27 bits per heavy atom. The van der Waals surface area contributed by atoms with Crippen LogP contribution in [0, 0.1) is 5.92 Å². The maximum atomic E-state index is 12.2. The maximum absolute atomic E-state index is 12.2. The van der Waals surface area contributed by atoms with Gasteiger partial charge in [0, 0.05) is 31.3 Å². The molecule has 0 saturated carbocycles. The number of anilines is 1. The van der Waals surface area contributed by atoms with Crippen LogP contribution in [0.3, 0.4) is 0 Å². The third-order valence-corrected chi connectivity index (χ3v) is 4.61. The normalized spacial score (nSPS) is 19.7. The third kappa shape index (κ3) is 4.88. The van der Waals surface area contributed by atoms with Crippen molar-refractivity contribution in [3.63, 3.8) is 0 Å². The first kappa shape index (κ1) is 18.5. The van der Waals surface area contributed by atoms with Crippen LogP contribution in [0.2, 0.25) is 0 Å². The van der Waals surface area contributed by atoms with Gasteiger partial charge in [-0.1, -0.05) is 0 Å². The Balaban J connectivity index is 1.46. The molecule has 2 aliphatic rings. The van der Waals surface area contributed by atoms with Crippen molar-refractivity contribution in [3.8, 4) is 11.5 Å². The van der Waals surface area contributed by atoms with Gasteiger partial charge in [0.2, 0.25) is 5.91 Å². The third-order valence-electron chi connectivity index (χ3n) is 4.61. The summed E-state index contributed by atoms with van der Waals surface area (Å²) in [6.07, 6.45) is 2.19. The lowest BCUT2D eigenvalue weighted by atomic mass is 9.98. The van der Waals surface area contributed by atoms with E-state index < -0.39 is 0 Å². The fraction of sp³-hybridized carbons (Fsp3) is 0.579. The number of hydrogen-bond acceptors (Lipinski definition) is 6. The molecule has 3 rings (SSSR count). The number of carbonyl (C=O) groups is 2. The van der Waals surface area contributed by atoms with Crippen LogP contribution in [0.1, 0.15) is 26.2 Å². The van der Waals surface area contributed by atoms with E-state index in [4.69, 9.17) is 14.2 Å². The SMILES string of the molecule is CCOC(=O)C1CCCN(CCC(=O)Nc2ccc3c(c2)OCCO3)C1. The molecule has 1 aromatic rings. The number of amides is 1. The summed E-state index contributed by atoms with van der Waals surface area (Å²) in [5.74, 6) is 1.09. The predicted molar refractivity (Wildman–Crippen MR) is 96.5 cm³/mol. The number of fused-ring (bicyclic) bond motifs is 1. The monoisotopic (exact) mass is 362 g/mol. The zero-order valence-electron chi connectivity index (χ0n) is 15.2. The van der Waals surface area contributed by atoms with Gasteiger partial charge in [0.1, 0.15) is 13.2 Å². The Morgan fingerprint density at radius 2 is 2.08 bits per heavy atom. The molecule has 1 fully saturated rings. The van der Waals surface area contributed by atoms with E-state index in [1.54, 1.807) is 12.1 Å². The number of nitrogens with zero attached hydrogens (tertiary/aromatic N) is 1. The van der Waals surface area contributed by atoms with Crippen LogP contribution in [0.25, 0.3) is 0 Å². The molecule has 1 unspecified atom stereocenters. The largest absolute Gasteiger partial charge is 0.486 e. The first-order chi connectivity index (χ1) is 12.7. The highest BCUT2D eigenvalue weighted by Crippen LogP contribution is 2.32. The zero-order chi connectivity index (χ0) is 18.4. The van der Waals surface area contributed by atoms with Gasteiger partial charge >= 0.3 is 5.97 Å². The number of piperidine rings is 1. The van der Waals surface area contributed by atoms with Crippen molar-refractivity contribution in [2.24, 2.45) is 5.92 Å². The highest BCUT2D eigenvalue weighted by molar-refractivity contribution is 5.91. The Hall–Kier alpha value is -2.28. The van der Waals surface area contributed by atoms with E-state index in [1.807, 2.05) is 13.0 Å². The summed E-state index contributed by atoms with van der Waals surface area (Å²) in [6.45, 7) is 5.49. The van der Waals surface area contributed by atoms with E-state index in [0.29, 0.717) is 56.5 Å². The molecule has 2 aliphatic heterocycles. The van der Waals surface area contributed by atoms with Gasteiger partial charge in [-0.05, 0) is 38.4 Å². The highest BCUT2D eigenvalue weighted by Gasteiger charge is 2.26. The van der Waals surface area contributed by atoms with Gasteiger partial charge in [-0.3, -0.25) is 9.59 Å². The van der Waals surface area contributed by atoms with Crippen LogP contribution < -0.4 is 14.8 Å². The van der Waals surface area contributed by atoms with Gasteiger partial charge in [0.05, 0.1) is 12.5 Å². The van der Waals surface area contributed by atoms with E-state index in [0.717, 1.165) is 19.4 Å². The minimum absolute atomic E-state index is 0.0556. The average molecular weight is 362 g/mol. The number of carbonyl (C=O) groups excluding carboxylic acids is 2. The molecule has 2 heterocycles. The van der Waals surface area contributed by atoms with Crippen LogP contribution >= 0.6 is 0 Å². The van der Waals surface area contributed by atoms with Crippen molar-refractivity contribution in [1.29, 1.82) is 0 Å². The molecule has 0 spiro atoms. The summed E-state index contributed by atoms with van der Waals surface area (Å²) in [5.41, 5.74) is 0.697. The summed E-state index contributed by atoms with van der Waals surface area (Å²) < 4.78 is 16.1. The van der Waals surface area contributed by atoms with Crippen molar-refractivity contribution in [2.45, 2.75) is 26.2 Å². The van der Waals surface area contributed by atoms with Gasteiger partial charge in [0.15, 0.2) is 11.5 Å². The molecule has 7 nitrogen and oxygen atoms in total. The fourth-order valence-corrected chi connectivity index (χ4v) is 3.32. The minimum atomic E-state index is -0.127. The van der Waals surface area contributed by atoms with Gasteiger partial charge in [0.25, 0.3) is 0 Å². The summed E-state index contributed by atoms with van der Waals surface area (Å²) in [6, 6.07) is 5.39. The minimum Gasteiger partial charge on any atom is -0.486 e. The van der Waals surface area contributed by atoms with Crippen molar-refractivity contribution in [3.05, 3.63) is 18.2 Å². The molecule has 0 aliphatic carbocycles. The quantitative estimate of drug-likeness (QED) is 0.781. The summed E-state index contributed by atoms with van der Waals surface area (Å²) in [4.78, 5) is 26.3. The summed E-state index contributed by atoms with van der Waals surface area (Å²) in [7, 11) is 0. The molecule has 1 saturated heterocycles. The molecule has 0 radical (unpaired) electrons. The van der Waals surface area contributed by atoms with Crippen molar-refractivity contribution < 1.29 is 23.8 Å². The first-order valence-electron chi connectivity index (χ1n) is 9.24. The van der Waals surface area contributed by atoms with Crippen LogP contribution in [-0.4, -0.2) is 56.2 Å². The number of likely N-dealkylation sites (tertiary alicyclic amines) is 1. The van der Waals surface area contributed by atoms with Gasteiger partial charge in [-0.25, -0.2) is 0 Å². The summed E-state index contributed by atoms with van der Waals surface area (Å²) >= 11 is 0.